The van der Waals surface area contributed by atoms with E-state index in [1.54, 1.807) is 0 Å². The number of nitrogens with one attached hydrogen (secondary N) is 1. The minimum Gasteiger partial charge on any atom is -0.355 e. The number of rotatable bonds is 5. The average Bonchev–Trinajstić information content (AvgIpc) is 2.97. The molecule has 0 atom stereocenters. The van der Waals surface area contributed by atoms with Crippen LogP contribution in [0, 0.1) is 0 Å². The quantitative estimate of drug-likeness (QED) is 0.247. The molecule has 1 N–H and O–H groups in total. The maximum absolute atomic E-state index is 3.71. The maximum Gasteiger partial charge on any atom is 0.0463 e. The zero-order valence-electron chi connectivity index (χ0n) is 22.8. The predicted molar refractivity (Wildman–Crippen MR) is 169 cm³/mol. The van der Waals surface area contributed by atoms with E-state index in [1.165, 1.54) is 49.7 Å². The second-order valence-corrected chi connectivity index (χ2v) is 11.2. The van der Waals surface area contributed by atoms with Crippen molar-refractivity contribution in [2.75, 3.05) is 5.32 Å². The molecule has 0 amide bonds. The summed E-state index contributed by atoms with van der Waals surface area (Å²) in [6.07, 6.45) is 0. The zero-order chi connectivity index (χ0) is 26.8. The fourth-order valence-electron chi connectivity index (χ4n) is 5.33. The SMILES string of the molecule is CC(C)(C)c1ccc(-c2ccccc2Nc2cccc(-c3ccc(-c4ccccc4)c4ccccc34)c2)cc1. The highest BCUT2D eigenvalue weighted by molar-refractivity contribution is 6.05. The molecule has 0 saturated carbocycles. The van der Waals surface area contributed by atoms with Gasteiger partial charge in [-0.05, 0) is 67.8 Å². The number of anilines is 2. The molecule has 0 spiro atoms. The summed E-state index contributed by atoms with van der Waals surface area (Å²) in [4.78, 5) is 0. The summed E-state index contributed by atoms with van der Waals surface area (Å²) >= 11 is 0. The molecular weight excluding hydrogens is 470 g/mol. The van der Waals surface area contributed by atoms with Gasteiger partial charge >= 0.3 is 0 Å². The summed E-state index contributed by atoms with van der Waals surface area (Å²) in [5.41, 5.74) is 11.0. The van der Waals surface area contributed by atoms with E-state index in [0.29, 0.717) is 0 Å². The van der Waals surface area contributed by atoms with Crippen molar-refractivity contribution in [1.82, 2.24) is 0 Å². The Morgan fingerprint density at radius 3 is 1.69 bits per heavy atom. The lowest BCUT2D eigenvalue weighted by molar-refractivity contribution is 0.590. The average molecular weight is 504 g/mol. The van der Waals surface area contributed by atoms with Crippen LogP contribution in [0.15, 0.2) is 140 Å². The van der Waals surface area contributed by atoms with Crippen molar-refractivity contribution < 1.29 is 0 Å². The molecule has 0 radical (unpaired) electrons. The molecular formula is C38H33N. The molecule has 0 aliphatic heterocycles. The fourth-order valence-corrected chi connectivity index (χ4v) is 5.33. The summed E-state index contributed by atoms with van der Waals surface area (Å²) < 4.78 is 0. The Kier molecular flexibility index (Phi) is 6.50. The molecule has 0 fully saturated rings. The van der Waals surface area contributed by atoms with Gasteiger partial charge in [0.1, 0.15) is 0 Å². The first-order chi connectivity index (χ1) is 19.0. The number of hydrogen-bond acceptors (Lipinski definition) is 1. The standard InChI is InChI=1S/C38H33N/c1-38(2,3)30-22-20-28(21-23-30)34-16-9-10-19-37(34)39-31-15-11-14-29(26-31)33-25-24-32(27-12-5-4-6-13-27)35-17-7-8-18-36(33)35/h4-26,39H,1-3H3. The summed E-state index contributed by atoms with van der Waals surface area (Å²) in [6, 6.07) is 50.1. The van der Waals surface area contributed by atoms with Gasteiger partial charge in [0, 0.05) is 16.9 Å². The van der Waals surface area contributed by atoms with Gasteiger partial charge < -0.3 is 5.32 Å². The van der Waals surface area contributed by atoms with Crippen LogP contribution in [-0.2, 0) is 5.41 Å². The van der Waals surface area contributed by atoms with Crippen LogP contribution in [0.4, 0.5) is 11.4 Å². The van der Waals surface area contributed by atoms with Gasteiger partial charge in [-0.1, -0.05) is 142 Å². The molecule has 0 aromatic heterocycles. The number of para-hydroxylation sites is 1. The van der Waals surface area contributed by atoms with Gasteiger partial charge in [-0.2, -0.15) is 0 Å². The molecule has 190 valence electrons. The summed E-state index contributed by atoms with van der Waals surface area (Å²) in [7, 11) is 0. The second-order valence-electron chi connectivity index (χ2n) is 11.2. The van der Waals surface area contributed by atoms with Crippen LogP contribution in [0.3, 0.4) is 0 Å². The van der Waals surface area contributed by atoms with E-state index >= 15 is 0 Å². The maximum atomic E-state index is 3.71. The minimum absolute atomic E-state index is 0.139. The van der Waals surface area contributed by atoms with E-state index in [4.69, 9.17) is 0 Å². The van der Waals surface area contributed by atoms with Gasteiger partial charge in [0.2, 0.25) is 0 Å². The topological polar surface area (TPSA) is 12.0 Å². The van der Waals surface area contributed by atoms with Crippen molar-refractivity contribution in [2.45, 2.75) is 26.2 Å². The van der Waals surface area contributed by atoms with Crippen molar-refractivity contribution >= 4 is 22.1 Å². The Morgan fingerprint density at radius 2 is 1.00 bits per heavy atom. The second kappa shape index (κ2) is 10.3. The molecule has 0 aliphatic carbocycles. The van der Waals surface area contributed by atoms with Crippen molar-refractivity contribution in [3.8, 4) is 33.4 Å². The molecule has 6 rings (SSSR count). The van der Waals surface area contributed by atoms with Crippen molar-refractivity contribution in [3.05, 3.63) is 145 Å². The summed E-state index contributed by atoms with van der Waals surface area (Å²) in [5, 5.41) is 6.24. The van der Waals surface area contributed by atoms with Gasteiger partial charge in [-0.25, -0.2) is 0 Å². The molecule has 0 saturated heterocycles. The van der Waals surface area contributed by atoms with Crippen LogP contribution in [0.2, 0.25) is 0 Å². The highest BCUT2D eigenvalue weighted by Crippen LogP contribution is 2.37. The van der Waals surface area contributed by atoms with Gasteiger partial charge in [0.15, 0.2) is 0 Å². The van der Waals surface area contributed by atoms with E-state index in [9.17, 15) is 0 Å². The first kappa shape index (κ1) is 24.7. The molecule has 0 unspecified atom stereocenters. The Bertz CT molecular complexity index is 1740. The van der Waals surface area contributed by atoms with Crippen LogP contribution in [0.1, 0.15) is 26.3 Å². The third-order valence-electron chi connectivity index (χ3n) is 7.45. The third-order valence-corrected chi connectivity index (χ3v) is 7.45. The molecule has 1 heteroatoms. The van der Waals surface area contributed by atoms with Crippen molar-refractivity contribution in [3.63, 3.8) is 0 Å². The molecule has 39 heavy (non-hydrogen) atoms. The number of fused-ring (bicyclic) bond motifs is 1. The normalized spacial score (nSPS) is 11.5. The van der Waals surface area contributed by atoms with E-state index in [0.717, 1.165) is 11.4 Å². The smallest absolute Gasteiger partial charge is 0.0463 e. The lowest BCUT2D eigenvalue weighted by atomic mass is 9.86. The third kappa shape index (κ3) is 5.09. The molecule has 6 aromatic rings. The first-order valence-corrected chi connectivity index (χ1v) is 13.6. The van der Waals surface area contributed by atoms with E-state index in [1.807, 2.05) is 0 Å². The van der Waals surface area contributed by atoms with Gasteiger partial charge in [-0.15, -0.1) is 0 Å². The Labute approximate surface area is 231 Å². The van der Waals surface area contributed by atoms with E-state index < -0.39 is 0 Å². The monoisotopic (exact) mass is 503 g/mol. The zero-order valence-corrected chi connectivity index (χ0v) is 22.8. The van der Waals surface area contributed by atoms with Gasteiger partial charge in [0.05, 0.1) is 0 Å². The highest BCUT2D eigenvalue weighted by Gasteiger charge is 2.14. The Hall–Kier alpha value is -4.62. The number of benzene rings is 6. The van der Waals surface area contributed by atoms with Crippen LogP contribution >= 0.6 is 0 Å². The molecule has 6 aromatic carbocycles. The van der Waals surface area contributed by atoms with Crippen molar-refractivity contribution in [1.29, 1.82) is 0 Å². The minimum atomic E-state index is 0.139. The van der Waals surface area contributed by atoms with Gasteiger partial charge in [-0.3, -0.25) is 0 Å². The molecule has 1 nitrogen and oxygen atoms in total. The van der Waals surface area contributed by atoms with Crippen LogP contribution in [-0.4, -0.2) is 0 Å². The lowest BCUT2D eigenvalue weighted by Gasteiger charge is -2.20. The molecule has 0 bridgehead atoms. The largest absolute Gasteiger partial charge is 0.355 e. The van der Waals surface area contributed by atoms with E-state index in [-0.39, 0.29) is 5.41 Å². The van der Waals surface area contributed by atoms with E-state index in [2.05, 4.69) is 166 Å². The van der Waals surface area contributed by atoms with Crippen molar-refractivity contribution in [2.24, 2.45) is 0 Å². The predicted octanol–water partition coefficient (Wildman–Crippen LogP) is 10.9. The number of hydrogen-bond donors (Lipinski definition) is 1. The van der Waals surface area contributed by atoms with Crippen LogP contribution in [0.5, 0.6) is 0 Å². The summed E-state index contributed by atoms with van der Waals surface area (Å²) in [6.45, 7) is 6.76. The highest BCUT2D eigenvalue weighted by atomic mass is 14.9. The first-order valence-electron chi connectivity index (χ1n) is 13.6. The molecule has 0 heterocycles. The Morgan fingerprint density at radius 1 is 0.436 bits per heavy atom. The molecule has 0 aliphatic rings. The van der Waals surface area contributed by atoms with Crippen LogP contribution < -0.4 is 5.32 Å². The summed E-state index contributed by atoms with van der Waals surface area (Å²) in [5.74, 6) is 0. The lowest BCUT2D eigenvalue weighted by Crippen LogP contribution is -2.10. The van der Waals surface area contributed by atoms with Gasteiger partial charge in [0.25, 0.3) is 0 Å². The van der Waals surface area contributed by atoms with Crippen LogP contribution in [0.25, 0.3) is 44.2 Å². The fraction of sp³-hybridized carbons (Fsp3) is 0.105. The Balaban J connectivity index is 1.36.